The number of hydrogen-bond donors (Lipinski definition) is 0. The lowest BCUT2D eigenvalue weighted by atomic mass is 10.1. The summed E-state index contributed by atoms with van der Waals surface area (Å²) in [5.74, 6) is -0.283. The van der Waals surface area contributed by atoms with Crippen LogP contribution in [0.3, 0.4) is 0 Å². The van der Waals surface area contributed by atoms with E-state index in [4.69, 9.17) is 4.74 Å². The fraction of sp³-hybridized carbons (Fsp3) is 0.250. The molecule has 1 aromatic heterocycles. The molecule has 0 fully saturated rings. The van der Waals surface area contributed by atoms with Crippen LogP contribution in [0.2, 0.25) is 0 Å². The molecule has 0 saturated carbocycles. The summed E-state index contributed by atoms with van der Waals surface area (Å²) in [5, 5.41) is 0.979. The van der Waals surface area contributed by atoms with Crippen molar-refractivity contribution in [3.8, 4) is 0 Å². The molecule has 15 heavy (non-hydrogen) atoms. The predicted octanol–water partition coefficient (Wildman–Crippen LogP) is 2.27. The number of rotatable bonds is 1. The van der Waals surface area contributed by atoms with Crippen LogP contribution < -0.4 is 0 Å². The number of hydrogen-bond acceptors (Lipinski definition) is 2. The second-order valence-electron chi connectivity index (χ2n) is 3.61. The lowest BCUT2D eigenvalue weighted by Gasteiger charge is -2.00. The van der Waals surface area contributed by atoms with E-state index in [0.29, 0.717) is 5.56 Å². The summed E-state index contributed by atoms with van der Waals surface area (Å²) < 4.78 is 6.70. The number of esters is 1. The fourth-order valence-electron chi connectivity index (χ4n) is 1.89. The summed E-state index contributed by atoms with van der Waals surface area (Å²) in [6, 6.07) is 5.97. The summed E-state index contributed by atoms with van der Waals surface area (Å²) in [5.41, 5.74) is 2.78. The molecule has 3 nitrogen and oxygen atoms in total. The number of nitrogens with zero attached hydrogens (tertiary/aromatic N) is 1. The third kappa shape index (κ3) is 1.40. The molecule has 3 heteroatoms. The second kappa shape index (κ2) is 3.42. The SMILES string of the molecule is COC(=O)c1cn(C)c2cccc(C)c12. The molecular weight excluding hydrogens is 190 g/mol. The zero-order chi connectivity index (χ0) is 11.0. The Bertz CT molecular complexity index is 526. The Morgan fingerprint density at radius 2 is 2.13 bits per heavy atom. The Morgan fingerprint density at radius 1 is 1.40 bits per heavy atom. The number of benzene rings is 1. The number of ether oxygens (including phenoxy) is 1. The summed E-state index contributed by atoms with van der Waals surface area (Å²) in [4.78, 5) is 11.6. The van der Waals surface area contributed by atoms with Gasteiger partial charge in [0.05, 0.1) is 12.7 Å². The molecule has 0 bridgehead atoms. The summed E-state index contributed by atoms with van der Waals surface area (Å²) in [7, 11) is 3.33. The van der Waals surface area contributed by atoms with Gasteiger partial charge in [0, 0.05) is 24.1 Å². The van der Waals surface area contributed by atoms with Crippen molar-refractivity contribution in [1.82, 2.24) is 4.57 Å². The summed E-state index contributed by atoms with van der Waals surface area (Å²) in [6.07, 6.45) is 1.81. The lowest BCUT2D eigenvalue weighted by Crippen LogP contribution is -2.00. The minimum Gasteiger partial charge on any atom is -0.465 e. The Balaban J connectivity index is 2.81. The van der Waals surface area contributed by atoms with Gasteiger partial charge >= 0.3 is 5.97 Å². The van der Waals surface area contributed by atoms with E-state index in [2.05, 4.69) is 0 Å². The third-order valence-electron chi connectivity index (χ3n) is 2.63. The van der Waals surface area contributed by atoms with Gasteiger partial charge in [0.2, 0.25) is 0 Å². The highest BCUT2D eigenvalue weighted by Gasteiger charge is 2.15. The van der Waals surface area contributed by atoms with Crippen molar-refractivity contribution in [2.45, 2.75) is 6.92 Å². The number of aromatic nitrogens is 1. The van der Waals surface area contributed by atoms with Crippen LogP contribution in [0.4, 0.5) is 0 Å². The monoisotopic (exact) mass is 203 g/mol. The van der Waals surface area contributed by atoms with Crippen LogP contribution in [0.15, 0.2) is 24.4 Å². The van der Waals surface area contributed by atoms with Gasteiger partial charge < -0.3 is 9.30 Å². The van der Waals surface area contributed by atoms with Crippen LogP contribution in [0, 0.1) is 6.92 Å². The number of fused-ring (bicyclic) bond motifs is 1. The molecule has 0 saturated heterocycles. The van der Waals surface area contributed by atoms with Gasteiger partial charge in [-0.3, -0.25) is 0 Å². The minimum atomic E-state index is -0.283. The maximum Gasteiger partial charge on any atom is 0.340 e. The molecule has 2 rings (SSSR count). The van der Waals surface area contributed by atoms with Crippen LogP contribution in [0.25, 0.3) is 10.9 Å². The topological polar surface area (TPSA) is 31.2 Å². The van der Waals surface area contributed by atoms with E-state index < -0.39 is 0 Å². The molecule has 0 N–H and O–H groups in total. The van der Waals surface area contributed by atoms with Crippen molar-refractivity contribution in [3.05, 3.63) is 35.5 Å². The second-order valence-corrected chi connectivity index (χ2v) is 3.61. The first-order chi connectivity index (χ1) is 7.15. The van der Waals surface area contributed by atoms with Gasteiger partial charge in [0.25, 0.3) is 0 Å². The van der Waals surface area contributed by atoms with Gasteiger partial charge in [-0.15, -0.1) is 0 Å². The van der Waals surface area contributed by atoms with Gasteiger partial charge in [-0.05, 0) is 18.6 Å². The van der Waals surface area contributed by atoms with E-state index in [1.54, 1.807) is 0 Å². The number of methoxy groups -OCH3 is 1. The van der Waals surface area contributed by atoms with E-state index in [1.807, 2.05) is 42.9 Å². The van der Waals surface area contributed by atoms with Gasteiger partial charge in [-0.25, -0.2) is 4.79 Å². The molecular formula is C12H13NO2. The van der Waals surface area contributed by atoms with E-state index in [0.717, 1.165) is 16.5 Å². The Kier molecular flexibility index (Phi) is 2.23. The van der Waals surface area contributed by atoms with Crippen LogP contribution in [0.1, 0.15) is 15.9 Å². The number of carbonyl (C=O) groups excluding carboxylic acids is 1. The Morgan fingerprint density at radius 3 is 2.80 bits per heavy atom. The first kappa shape index (κ1) is 9.77. The van der Waals surface area contributed by atoms with Gasteiger partial charge in [-0.2, -0.15) is 0 Å². The average Bonchev–Trinajstić information content (AvgIpc) is 2.57. The first-order valence-electron chi connectivity index (χ1n) is 4.78. The largest absolute Gasteiger partial charge is 0.465 e. The zero-order valence-corrected chi connectivity index (χ0v) is 9.07. The van der Waals surface area contributed by atoms with Crippen molar-refractivity contribution in [2.75, 3.05) is 7.11 Å². The lowest BCUT2D eigenvalue weighted by molar-refractivity contribution is 0.0602. The van der Waals surface area contributed by atoms with Crippen LogP contribution >= 0.6 is 0 Å². The van der Waals surface area contributed by atoms with Crippen molar-refractivity contribution >= 4 is 16.9 Å². The van der Waals surface area contributed by atoms with Crippen molar-refractivity contribution in [1.29, 1.82) is 0 Å². The normalized spacial score (nSPS) is 10.6. The van der Waals surface area contributed by atoms with Crippen LogP contribution in [-0.2, 0) is 11.8 Å². The quantitative estimate of drug-likeness (QED) is 0.666. The van der Waals surface area contributed by atoms with Gasteiger partial charge in [0.1, 0.15) is 0 Å². The summed E-state index contributed by atoms with van der Waals surface area (Å²) in [6.45, 7) is 1.99. The third-order valence-corrected chi connectivity index (χ3v) is 2.63. The molecule has 0 aliphatic rings. The van der Waals surface area contributed by atoms with E-state index in [1.165, 1.54) is 7.11 Å². The maximum atomic E-state index is 11.6. The fourth-order valence-corrected chi connectivity index (χ4v) is 1.89. The Labute approximate surface area is 88.3 Å². The molecule has 0 aliphatic carbocycles. The molecule has 78 valence electrons. The zero-order valence-electron chi connectivity index (χ0n) is 9.07. The first-order valence-corrected chi connectivity index (χ1v) is 4.78. The Hall–Kier alpha value is -1.77. The molecule has 0 amide bonds. The minimum absolute atomic E-state index is 0.283. The highest BCUT2D eigenvalue weighted by molar-refractivity contribution is 6.05. The van der Waals surface area contributed by atoms with Gasteiger partial charge in [0.15, 0.2) is 0 Å². The molecule has 0 radical (unpaired) electrons. The van der Waals surface area contributed by atoms with Gasteiger partial charge in [-0.1, -0.05) is 12.1 Å². The number of aryl methyl sites for hydroxylation is 2. The highest BCUT2D eigenvalue weighted by Crippen LogP contribution is 2.24. The number of carbonyl (C=O) groups is 1. The van der Waals surface area contributed by atoms with E-state index in [-0.39, 0.29) is 5.97 Å². The average molecular weight is 203 g/mol. The molecule has 0 atom stereocenters. The molecule has 2 aromatic rings. The summed E-state index contributed by atoms with van der Waals surface area (Å²) >= 11 is 0. The van der Waals surface area contributed by atoms with Crippen molar-refractivity contribution in [2.24, 2.45) is 7.05 Å². The predicted molar refractivity (Wildman–Crippen MR) is 59.0 cm³/mol. The highest BCUT2D eigenvalue weighted by atomic mass is 16.5. The van der Waals surface area contributed by atoms with Crippen molar-refractivity contribution in [3.63, 3.8) is 0 Å². The van der Waals surface area contributed by atoms with E-state index >= 15 is 0 Å². The van der Waals surface area contributed by atoms with Crippen LogP contribution in [-0.4, -0.2) is 17.6 Å². The maximum absolute atomic E-state index is 11.6. The molecule has 1 heterocycles. The van der Waals surface area contributed by atoms with Crippen LogP contribution in [0.5, 0.6) is 0 Å². The molecule has 0 aliphatic heterocycles. The standard InChI is InChI=1S/C12H13NO2/c1-8-5-4-6-10-11(8)9(7-13(10)2)12(14)15-3/h4-7H,1-3H3. The smallest absolute Gasteiger partial charge is 0.340 e. The molecule has 1 aromatic carbocycles. The van der Waals surface area contributed by atoms with E-state index in [9.17, 15) is 4.79 Å². The molecule has 0 spiro atoms. The molecule has 0 unspecified atom stereocenters. The van der Waals surface area contributed by atoms with Crippen molar-refractivity contribution < 1.29 is 9.53 Å².